The smallest absolute Gasteiger partial charge is 0.294 e. The molecule has 0 amide bonds. The Kier molecular flexibility index (Phi) is 5.01. The SMILES string of the molecule is CC1CCN(c2ccc(N=C(N)CCl)cc2[N+](=O)[O-])CC1. The van der Waals surface area contributed by atoms with Gasteiger partial charge in [-0.25, -0.2) is 4.99 Å². The van der Waals surface area contributed by atoms with Crippen LogP contribution in [0.3, 0.4) is 0 Å². The Balaban J connectivity index is 2.31. The molecule has 1 aliphatic heterocycles. The van der Waals surface area contributed by atoms with Crippen LogP contribution in [0, 0.1) is 16.0 Å². The third kappa shape index (κ3) is 3.85. The number of benzene rings is 1. The van der Waals surface area contributed by atoms with Crippen molar-refractivity contribution in [2.75, 3.05) is 23.9 Å². The molecule has 0 saturated carbocycles. The number of nitrogens with zero attached hydrogens (tertiary/aromatic N) is 3. The summed E-state index contributed by atoms with van der Waals surface area (Å²) in [5.74, 6) is 1.01. The summed E-state index contributed by atoms with van der Waals surface area (Å²) in [4.78, 5) is 17.1. The summed E-state index contributed by atoms with van der Waals surface area (Å²) < 4.78 is 0. The van der Waals surface area contributed by atoms with Crippen LogP contribution in [0.2, 0.25) is 0 Å². The third-order valence-electron chi connectivity index (χ3n) is 3.69. The normalized spacial score (nSPS) is 17.0. The fourth-order valence-corrected chi connectivity index (χ4v) is 2.50. The van der Waals surface area contributed by atoms with Gasteiger partial charge in [0.25, 0.3) is 5.69 Å². The van der Waals surface area contributed by atoms with E-state index in [1.807, 2.05) is 0 Å². The largest absolute Gasteiger partial charge is 0.386 e. The molecule has 0 bridgehead atoms. The molecule has 6 nitrogen and oxygen atoms in total. The highest BCUT2D eigenvalue weighted by Crippen LogP contribution is 2.34. The van der Waals surface area contributed by atoms with Crippen molar-refractivity contribution in [1.82, 2.24) is 0 Å². The van der Waals surface area contributed by atoms with Gasteiger partial charge in [-0.1, -0.05) is 6.92 Å². The molecule has 21 heavy (non-hydrogen) atoms. The van der Waals surface area contributed by atoms with E-state index >= 15 is 0 Å². The quantitative estimate of drug-likeness (QED) is 0.304. The first-order valence-corrected chi connectivity index (χ1v) is 7.47. The second-order valence-electron chi connectivity index (χ2n) is 5.34. The molecule has 0 unspecified atom stereocenters. The third-order valence-corrected chi connectivity index (χ3v) is 3.96. The Hall–Kier alpha value is -1.82. The van der Waals surface area contributed by atoms with E-state index < -0.39 is 0 Å². The molecule has 1 saturated heterocycles. The summed E-state index contributed by atoms with van der Waals surface area (Å²) in [6.45, 7) is 3.89. The van der Waals surface area contributed by atoms with Crippen molar-refractivity contribution < 1.29 is 4.92 Å². The number of alkyl halides is 1. The highest BCUT2D eigenvalue weighted by atomic mass is 35.5. The molecule has 1 heterocycles. The number of anilines is 1. The van der Waals surface area contributed by atoms with Crippen LogP contribution in [0.15, 0.2) is 23.2 Å². The molecule has 1 aromatic rings. The molecule has 2 rings (SSSR count). The first-order chi connectivity index (χ1) is 10.0. The first-order valence-electron chi connectivity index (χ1n) is 6.93. The summed E-state index contributed by atoms with van der Waals surface area (Å²) in [5.41, 5.74) is 6.73. The topological polar surface area (TPSA) is 84.8 Å². The molecule has 0 aromatic heterocycles. The van der Waals surface area contributed by atoms with Gasteiger partial charge >= 0.3 is 0 Å². The van der Waals surface area contributed by atoms with E-state index in [1.165, 1.54) is 6.07 Å². The van der Waals surface area contributed by atoms with Gasteiger partial charge in [-0.15, -0.1) is 11.6 Å². The maximum atomic E-state index is 11.3. The molecule has 0 aliphatic carbocycles. The fourth-order valence-electron chi connectivity index (χ4n) is 2.44. The van der Waals surface area contributed by atoms with Crippen LogP contribution in [0.1, 0.15) is 19.8 Å². The van der Waals surface area contributed by atoms with Gasteiger partial charge in [0.15, 0.2) is 0 Å². The van der Waals surface area contributed by atoms with Crippen LogP contribution < -0.4 is 10.6 Å². The number of nitro groups is 1. The van der Waals surface area contributed by atoms with Gasteiger partial charge in [0.1, 0.15) is 11.5 Å². The van der Waals surface area contributed by atoms with E-state index in [2.05, 4.69) is 16.8 Å². The standard InChI is InChI=1S/C14H19ClN4O2/c1-10-4-6-18(7-5-10)12-3-2-11(17-14(16)9-15)8-13(12)19(20)21/h2-3,8,10H,4-7,9H2,1H3,(H2,16,17). The lowest BCUT2D eigenvalue weighted by atomic mass is 9.98. The number of amidine groups is 1. The first kappa shape index (κ1) is 15.6. The molecule has 114 valence electrons. The van der Waals surface area contributed by atoms with E-state index in [4.69, 9.17) is 17.3 Å². The van der Waals surface area contributed by atoms with Crippen molar-refractivity contribution in [3.63, 3.8) is 0 Å². The second-order valence-corrected chi connectivity index (χ2v) is 5.60. The van der Waals surface area contributed by atoms with E-state index in [0.717, 1.165) is 25.9 Å². The lowest BCUT2D eigenvalue weighted by Gasteiger charge is -2.31. The molecule has 7 heteroatoms. The van der Waals surface area contributed by atoms with Crippen molar-refractivity contribution in [2.45, 2.75) is 19.8 Å². The lowest BCUT2D eigenvalue weighted by molar-refractivity contribution is -0.384. The summed E-state index contributed by atoms with van der Waals surface area (Å²) in [7, 11) is 0. The molecular weight excluding hydrogens is 292 g/mol. The van der Waals surface area contributed by atoms with Crippen LogP contribution in [0.4, 0.5) is 17.1 Å². The van der Waals surface area contributed by atoms with Gasteiger partial charge < -0.3 is 10.6 Å². The second kappa shape index (κ2) is 6.76. The summed E-state index contributed by atoms with van der Waals surface area (Å²) in [5, 5.41) is 11.3. The fraction of sp³-hybridized carbons (Fsp3) is 0.500. The number of nitrogens with two attached hydrogens (primary N) is 1. The minimum atomic E-state index is -0.372. The van der Waals surface area contributed by atoms with Crippen LogP contribution in [-0.4, -0.2) is 29.7 Å². The number of hydrogen-bond donors (Lipinski definition) is 1. The molecule has 0 spiro atoms. The molecular formula is C14H19ClN4O2. The van der Waals surface area contributed by atoms with Crippen LogP contribution in [-0.2, 0) is 0 Å². The zero-order valence-electron chi connectivity index (χ0n) is 12.0. The summed E-state index contributed by atoms with van der Waals surface area (Å²) in [6, 6.07) is 4.93. The monoisotopic (exact) mass is 310 g/mol. The Morgan fingerprint density at radius 2 is 2.19 bits per heavy atom. The molecule has 1 aromatic carbocycles. The average molecular weight is 311 g/mol. The van der Waals surface area contributed by atoms with Crippen molar-refractivity contribution in [3.8, 4) is 0 Å². The van der Waals surface area contributed by atoms with Gasteiger partial charge in [0, 0.05) is 19.2 Å². The van der Waals surface area contributed by atoms with Gasteiger partial charge in [-0.2, -0.15) is 0 Å². The number of piperidine rings is 1. The van der Waals surface area contributed by atoms with E-state index in [9.17, 15) is 10.1 Å². The average Bonchev–Trinajstić information content (AvgIpc) is 2.48. The number of halogens is 1. The van der Waals surface area contributed by atoms with Gasteiger partial charge in [-0.05, 0) is 30.9 Å². The molecule has 0 radical (unpaired) electrons. The Morgan fingerprint density at radius 3 is 2.76 bits per heavy atom. The highest BCUT2D eigenvalue weighted by Gasteiger charge is 2.23. The highest BCUT2D eigenvalue weighted by molar-refractivity contribution is 6.28. The molecule has 1 fully saturated rings. The van der Waals surface area contributed by atoms with Crippen molar-refractivity contribution in [1.29, 1.82) is 0 Å². The van der Waals surface area contributed by atoms with Crippen molar-refractivity contribution in [3.05, 3.63) is 28.3 Å². The van der Waals surface area contributed by atoms with E-state index in [1.54, 1.807) is 12.1 Å². The Bertz CT molecular complexity index is 554. The van der Waals surface area contributed by atoms with E-state index in [0.29, 0.717) is 17.3 Å². The number of aliphatic imine (C=N–C) groups is 1. The van der Waals surface area contributed by atoms with Gasteiger partial charge in [-0.3, -0.25) is 10.1 Å². The zero-order valence-corrected chi connectivity index (χ0v) is 12.7. The van der Waals surface area contributed by atoms with Crippen LogP contribution in [0.5, 0.6) is 0 Å². The number of nitro benzene ring substituents is 1. The summed E-state index contributed by atoms with van der Waals surface area (Å²) >= 11 is 5.57. The van der Waals surface area contributed by atoms with Crippen LogP contribution >= 0.6 is 11.6 Å². The maximum absolute atomic E-state index is 11.3. The number of rotatable bonds is 4. The predicted molar refractivity (Wildman–Crippen MR) is 85.7 cm³/mol. The summed E-state index contributed by atoms with van der Waals surface area (Å²) in [6.07, 6.45) is 2.10. The predicted octanol–water partition coefficient (Wildman–Crippen LogP) is 3.06. The Morgan fingerprint density at radius 1 is 1.52 bits per heavy atom. The lowest BCUT2D eigenvalue weighted by Crippen LogP contribution is -2.33. The minimum absolute atomic E-state index is 0.0631. The molecule has 0 atom stereocenters. The molecule has 2 N–H and O–H groups in total. The molecule has 1 aliphatic rings. The van der Waals surface area contributed by atoms with Crippen molar-refractivity contribution >= 4 is 34.5 Å². The van der Waals surface area contributed by atoms with E-state index in [-0.39, 0.29) is 22.3 Å². The van der Waals surface area contributed by atoms with Crippen molar-refractivity contribution in [2.24, 2.45) is 16.6 Å². The van der Waals surface area contributed by atoms with Crippen LogP contribution in [0.25, 0.3) is 0 Å². The Labute approximate surface area is 128 Å². The van der Waals surface area contributed by atoms with Gasteiger partial charge in [0.2, 0.25) is 0 Å². The zero-order chi connectivity index (χ0) is 15.4. The van der Waals surface area contributed by atoms with Gasteiger partial charge in [0.05, 0.1) is 16.5 Å². The maximum Gasteiger partial charge on any atom is 0.294 e. The minimum Gasteiger partial charge on any atom is -0.386 e. The number of hydrogen-bond acceptors (Lipinski definition) is 4.